The van der Waals surface area contributed by atoms with E-state index in [1.807, 2.05) is 50.2 Å². The zero-order valence-corrected chi connectivity index (χ0v) is 8.69. The van der Waals surface area contributed by atoms with Gasteiger partial charge in [-0.25, -0.2) is 4.79 Å². The number of nitrogens with zero attached hydrogens (tertiary/aromatic N) is 2. The van der Waals surface area contributed by atoms with Crippen LogP contribution in [0.15, 0.2) is 29.3 Å². The highest BCUT2D eigenvalue weighted by molar-refractivity contribution is 5.48. The van der Waals surface area contributed by atoms with E-state index >= 15 is 0 Å². The third-order valence-electron chi connectivity index (χ3n) is 2.12. The van der Waals surface area contributed by atoms with Crippen molar-refractivity contribution in [2.75, 3.05) is 19.0 Å². The Balaban J connectivity index is 2.99. The maximum Gasteiger partial charge on any atom is 0.235 e. The molecule has 0 radical (unpaired) electrons. The molecule has 1 aromatic carbocycles. The molecule has 0 fully saturated rings. The number of isocyanates is 1. The topological polar surface area (TPSA) is 32.7 Å². The van der Waals surface area contributed by atoms with Crippen LogP contribution in [-0.4, -0.2) is 20.2 Å². The first kappa shape index (κ1) is 10.5. The van der Waals surface area contributed by atoms with Gasteiger partial charge in [-0.15, -0.1) is 0 Å². The summed E-state index contributed by atoms with van der Waals surface area (Å²) in [7, 11) is 3.96. The second-order valence-corrected chi connectivity index (χ2v) is 3.39. The maximum atomic E-state index is 10.1. The van der Waals surface area contributed by atoms with Crippen LogP contribution in [0, 0.1) is 0 Å². The molecule has 0 saturated heterocycles. The fraction of sp³-hybridized carbons (Fsp3) is 0.364. The molecule has 0 aliphatic carbocycles. The third kappa shape index (κ3) is 2.44. The maximum absolute atomic E-state index is 10.1. The van der Waals surface area contributed by atoms with Crippen molar-refractivity contribution in [1.29, 1.82) is 0 Å². The van der Waals surface area contributed by atoms with Crippen LogP contribution in [0.25, 0.3) is 0 Å². The molecule has 0 heterocycles. The van der Waals surface area contributed by atoms with Crippen molar-refractivity contribution < 1.29 is 4.79 Å². The van der Waals surface area contributed by atoms with Gasteiger partial charge in [0.15, 0.2) is 0 Å². The number of benzene rings is 1. The first-order valence-electron chi connectivity index (χ1n) is 4.49. The van der Waals surface area contributed by atoms with E-state index in [9.17, 15) is 4.79 Å². The van der Waals surface area contributed by atoms with E-state index in [2.05, 4.69) is 4.99 Å². The van der Waals surface area contributed by atoms with Gasteiger partial charge in [0.05, 0.1) is 6.04 Å². The molecule has 0 aromatic heterocycles. The number of hydrogen-bond donors (Lipinski definition) is 0. The van der Waals surface area contributed by atoms with Crippen LogP contribution in [0.4, 0.5) is 5.69 Å². The lowest BCUT2D eigenvalue weighted by molar-refractivity contribution is 0.559. The van der Waals surface area contributed by atoms with Crippen molar-refractivity contribution in [3.05, 3.63) is 29.8 Å². The Morgan fingerprint density at radius 3 is 2.71 bits per heavy atom. The lowest BCUT2D eigenvalue weighted by atomic mass is 10.1. The number of carbonyl (C=O) groups excluding carboxylic acids is 1. The van der Waals surface area contributed by atoms with Crippen molar-refractivity contribution in [3.63, 3.8) is 0 Å². The van der Waals surface area contributed by atoms with Gasteiger partial charge >= 0.3 is 0 Å². The van der Waals surface area contributed by atoms with Crippen LogP contribution >= 0.6 is 0 Å². The molecule has 0 N–H and O–H groups in total. The molecular weight excluding hydrogens is 176 g/mol. The molecule has 1 rings (SSSR count). The molecule has 0 bridgehead atoms. The normalized spacial score (nSPS) is 11.6. The van der Waals surface area contributed by atoms with Gasteiger partial charge < -0.3 is 4.90 Å². The predicted molar refractivity (Wildman–Crippen MR) is 57.3 cm³/mol. The lowest BCUT2D eigenvalue weighted by Gasteiger charge is -2.14. The van der Waals surface area contributed by atoms with Gasteiger partial charge in [0.2, 0.25) is 6.08 Å². The number of rotatable bonds is 3. The summed E-state index contributed by atoms with van der Waals surface area (Å²) in [6.45, 7) is 1.87. The van der Waals surface area contributed by atoms with Gasteiger partial charge in [-0.05, 0) is 24.6 Å². The average Bonchev–Trinajstić information content (AvgIpc) is 2.18. The lowest BCUT2D eigenvalue weighted by Crippen LogP contribution is -2.08. The SMILES string of the molecule is CC(N=C=O)c1cccc(N(C)C)c1. The van der Waals surface area contributed by atoms with Crippen molar-refractivity contribution in [2.45, 2.75) is 13.0 Å². The van der Waals surface area contributed by atoms with E-state index in [1.165, 1.54) is 0 Å². The molecule has 0 spiro atoms. The fourth-order valence-corrected chi connectivity index (χ4v) is 1.22. The van der Waals surface area contributed by atoms with E-state index < -0.39 is 0 Å². The second-order valence-electron chi connectivity index (χ2n) is 3.39. The smallest absolute Gasteiger partial charge is 0.235 e. The molecule has 0 saturated carbocycles. The van der Waals surface area contributed by atoms with Gasteiger partial charge in [-0.2, -0.15) is 4.99 Å². The fourth-order valence-electron chi connectivity index (χ4n) is 1.22. The quantitative estimate of drug-likeness (QED) is 0.540. The molecule has 0 aliphatic rings. The van der Waals surface area contributed by atoms with Gasteiger partial charge in [0, 0.05) is 19.8 Å². The van der Waals surface area contributed by atoms with Crippen molar-refractivity contribution in [3.8, 4) is 0 Å². The molecule has 0 aliphatic heterocycles. The summed E-state index contributed by atoms with van der Waals surface area (Å²) in [5.74, 6) is 0. The summed E-state index contributed by atoms with van der Waals surface area (Å²) in [5, 5.41) is 0. The van der Waals surface area contributed by atoms with E-state index in [0.717, 1.165) is 11.3 Å². The summed E-state index contributed by atoms with van der Waals surface area (Å²) < 4.78 is 0. The minimum Gasteiger partial charge on any atom is -0.378 e. The van der Waals surface area contributed by atoms with Gasteiger partial charge in [-0.3, -0.25) is 0 Å². The standard InChI is InChI=1S/C11H14N2O/c1-9(12-8-14)10-5-4-6-11(7-10)13(2)3/h4-7,9H,1-3H3. The Morgan fingerprint density at radius 2 is 2.14 bits per heavy atom. The summed E-state index contributed by atoms with van der Waals surface area (Å²) in [6, 6.07) is 7.83. The average molecular weight is 190 g/mol. The highest BCUT2D eigenvalue weighted by Gasteiger charge is 2.04. The molecule has 3 nitrogen and oxygen atoms in total. The Kier molecular flexibility index (Phi) is 3.43. The first-order valence-corrected chi connectivity index (χ1v) is 4.49. The number of aliphatic imine (C=N–C) groups is 1. The Bertz CT molecular complexity index is 354. The van der Waals surface area contributed by atoms with E-state index in [0.29, 0.717) is 0 Å². The molecule has 74 valence electrons. The summed E-state index contributed by atoms with van der Waals surface area (Å²) in [5.41, 5.74) is 2.13. The van der Waals surface area contributed by atoms with Crippen molar-refractivity contribution in [2.24, 2.45) is 4.99 Å². The van der Waals surface area contributed by atoms with Crippen LogP contribution < -0.4 is 4.90 Å². The highest BCUT2D eigenvalue weighted by Crippen LogP contribution is 2.20. The van der Waals surface area contributed by atoms with E-state index in [4.69, 9.17) is 0 Å². The zero-order chi connectivity index (χ0) is 10.6. The highest BCUT2D eigenvalue weighted by atomic mass is 16.1. The third-order valence-corrected chi connectivity index (χ3v) is 2.12. The van der Waals surface area contributed by atoms with Crippen LogP contribution in [0.1, 0.15) is 18.5 Å². The molecule has 3 heteroatoms. The molecule has 14 heavy (non-hydrogen) atoms. The van der Waals surface area contributed by atoms with Crippen molar-refractivity contribution in [1.82, 2.24) is 0 Å². The molecular formula is C11H14N2O. The zero-order valence-electron chi connectivity index (χ0n) is 8.69. The van der Waals surface area contributed by atoms with Gasteiger partial charge in [-0.1, -0.05) is 12.1 Å². The Hall–Kier alpha value is -1.60. The van der Waals surface area contributed by atoms with E-state index in [1.54, 1.807) is 6.08 Å². The summed E-state index contributed by atoms with van der Waals surface area (Å²) in [4.78, 5) is 15.8. The van der Waals surface area contributed by atoms with Crippen LogP contribution in [0.5, 0.6) is 0 Å². The van der Waals surface area contributed by atoms with Gasteiger partial charge in [0.25, 0.3) is 0 Å². The van der Waals surface area contributed by atoms with Crippen molar-refractivity contribution >= 4 is 11.8 Å². The Labute approximate surface area is 84.1 Å². The molecule has 1 aromatic rings. The summed E-state index contributed by atoms with van der Waals surface area (Å²) in [6.07, 6.45) is 1.58. The van der Waals surface area contributed by atoms with Crippen LogP contribution in [-0.2, 0) is 4.79 Å². The monoisotopic (exact) mass is 190 g/mol. The first-order chi connectivity index (χ1) is 6.65. The largest absolute Gasteiger partial charge is 0.378 e. The molecule has 0 amide bonds. The predicted octanol–water partition coefficient (Wildman–Crippen LogP) is 2.15. The van der Waals surface area contributed by atoms with Crippen LogP contribution in [0.3, 0.4) is 0 Å². The summed E-state index contributed by atoms with van der Waals surface area (Å²) >= 11 is 0. The number of anilines is 1. The van der Waals surface area contributed by atoms with E-state index in [-0.39, 0.29) is 6.04 Å². The molecule has 1 unspecified atom stereocenters. The van der Waals surface area contributed by atoms with Crippen LogP contribution in [0.2, 0.25) is 0 Å². The molecule has 1 atom stereocenters. The Morgan fingerprint density at radius 1 is 1.43 bits per heavy atom. The van der Waals surface area contributed by atoms with Gasteiger partial charge in [0.1, 0.15) is 0 Å². The second kappa shape index (κ2) is 4.58. The minimum absolute atomic E-state index is 0.118. The number of hydrogen-bond acceptors (Lipinski definition) is 3. The minimum atomic E-state index is -0.118.